The number of benzene rings is 2. The maximum atomic E-state index is 8.82. The number of nitrogens with zero attached hydrogens (tertiary/aromatic N) is 1. The second-order valence-electron chi connectivity index (χ2n) is 3.98. The van der Waals surface area contributed by atoms with Crippen molar-refractivity contribution in [2.75, 3.05) is 11.1 Å². The highest BCUT2D eigenvalue weighted by molar-refractivity contribution is 9.10. The van der Waals surface area contributed by atoms with E-state index < -0.39 is 0 Å². The van der Waals surface area contributed by atoms with Crippen molar-refractivity contribution in [3.05, 3.63) is 52.0 Å². The molecule has 0 saturated heterocycles. The Morgan fingerprint density at radius 1 is 1.28 bits per heavy atom. The summed E-state index contributed by atoms with van der Waals surface area (Å²) in [5.41, 5.74) is 9.73. The van der Waals surface area contributed by atoms with Gasteiger partial charge in [0.1, 0.15) is 6.07 Å². The first-order valence-corrected chi connectivity index (χ1v) is 6.23. The first kappa shape index (κ1) is 12.5. The van der Waals surface area contributed by atoms with E-state index in [0.29, 0.717) is 11.3 Å². The molecule has 3 nitrogen and oxygen atoms in total. The summed E-state index contributed by atoms with van der Waals surface area (Å²) in [7, 11) is 0. The van der Waals surface area contributed by atoms with Gasteiger partial charge in [-0.05, 0) is 52.7 Å². The van der Waals surface area contributed by atoms with Gasteiger partial charge >= 0.3 is 0 Å². The smallest absolute Gasteiger partial charge is 0.101 e. The first-order chi connectivity index (χ1) is 8.61. The molecule has 2 aromatic rings. The molecule has 3 N–H and O–H groups in total. The van der Waals surface area contributed by atoms with Crippen LogP contribution < -0.4 is 11.1 Å². The number of nitrogens with two attached hydrogens (primary N) is 1. The molecule has 0 aliphatic heterocycles. The summed E-state index contributed by atoms with van der Waals surface area (Å²) < 4.78 is 1.02. The number of hydrogen-bond donors (Lipinski definition) is 2. The van der Waals surface area contributed by atoms with E-state index in [1.807, 2.05) is 37.3 Å². The van der Waals surface area contributed by atoms with Crippen LogP contribution in [0.5, 0.6) is 0 Å². The Bertz CT molecular complexity index is 629. The fourth-order valence-corrected chi connectivity index (χ4v) is 2.01. The van der Waals surface area contributed by atoms with Gasteiger partial charge in [0.05, 0.1) is 16.9 Å². The molecule has 0 saturated carbocycles. The highest BCUT2D eigenvalue weighted by atomic mass is 79.9. The van der Waals surface area contributed by atoms with E-state index in [9.17, 15) is 0 Å². The Hall–Kier alpha value is -1.99. The second-order valence-corrected chi connectivity index (χ2v) is 4.77. The predicted molar refractivity (Wildman–Crippen MR) is 77.7 cm³/mol. The molecule has 0 aliphatic rings. The fourth-order valence-electron chi connectivity index (χ4n) is 1.64. The molecule has 2 aromatic carbocycles. The fraction of sp³-hybridized carbons (Fsp3) is 0.0714. The van der Waals surface area contributed by atoms with Crippen molar-refractivity contribution in [2.24, 2.45) is 0 Å². The Labute approximate surface area is 114 Å². The van der Waals surface area contributed by atoms with E-state index in [1.54, 1.807) is 12.1 Å². The number of nitriles is 1. The third kappa shape index (κ3) is 2.47. The lowest BCUT2D eigenvalue weighted by molar-refractivity contribution is 1.41. The molecule has 0 aromatic heterocycles. The maximum absolute atomic E-state index is 8.82. The zero-order valence-corrected chi connectivity index (χ0v) is 11.5. The van der Waals surface area contributed by atoms with Crippen LogP contribution in [0.25, 0.3) is 0 Å². The predicted octanol–water partition coefficient (Wildman–Crippen LogP) is 3.96. The molecule has 0 heterocycles. The van der Waals surface area contributed by atoms with Crippen LogP contribution in [-0.4, -0.2) is 0 Å². The van der Waals surface area contributed by atoms with Gasteiger partial charge in [-0.2, -0.15) is 5.26 Å². The SMILES string of the molecule is Cc1cccc(Nc2ccc(C#N)c(N)c2)c1Br. The molecule has 0 radical (unpaired) electrons. The summed E-state index contributed by atoms with van der Waals surface area (Å²) in [5.74, 6) is 0. The molecule has 0 aliphatic carbocycles. The highest BCUT2D eigenvalue weighted by Crippen LogP contribution is 2.29. The Balaban J connectivity index is 2.32. The number of nitrogen functional groups attached to an aromatic ring is 1. The molecular weight excluding hydrogens is 290 g/mol. The molecule has 0 atom stereocenters. The lowest BCUT2D eigenvalue weighted by Crippen LogP contribution is -1.96. The Morgan fingerprint density at radius 3 is 2.72 bits per heavy atom. The van der Waals surface area contributed by atoms with Crippen molar-refractivity contribution in [3.63, 3.8) is 0 Å². The quantitative estimate of drug-likeness (QED) is 0.826. The third-order valence-corrected chi connectivity index (χ3v) is 3.70. The summed E-state index contributed by atoms with van der Waals surface area (Å²) in [4.78, 5) is 0. The van der Waals surface area contributed by atoms with Crippen LogP contribution in [0.2, 0.25) is 0 Å². The van der Waals surface area contributed by atoms with E-state index in [0.717, 1.165) is 21.4 Å². The standard InChI is InChI=1S/C14H12BrN3/c1-9-3-2-4-13(14(9)15)18-11-6-5-10(8-16)12(17)7-11/h2-7,18H,17H2,1H3. The van der Waals surface area contributed by atoms with Crippen molar-refractivity contribution in [1.29, 1.82) is 5.26 Å². The van der Waals surface area contributed by atoms with Crippen LogP contribution in [0.3, 0.4) is 0 Å². The minimum absolute atomic E-state index is 0.478. The molecule has 0 amide bonds. The van der Waals surface area contributed by atoms with Crippen molar-refractivity contribution in [3.8, 4) is 6.07 Å². The first-order valence-electron chi connectivity index (χ1n) is 5.43. The molecule has 0 fully saturated rings. The van der Waals surface area contributed by atoms with E-state index in [2.05, 4.69) is 21.2 Å². The largest absolute Gasteiger partial charge is 0.398 e. The van der Waals surface area contributed by atoms with E-state index in [-0.39, 0.29) is 0 Å². The number of halogens is 1. The normalized spacial score (nSPS) is 9.83. The van der Waals surface area contributed by atoms with Crippen LogP contribution in [0, 0.1) is 18.3 Å². The van der Waals surface area contributed by atoms with Gasteiger partial charge in [0.15, 0.2) is 0 Å². The van der Waals surface area contributed by atoms with Crippen LogP contribution in [0.15, 0.2) is 40.9 Å². The van der Waals surface area contributed by atoms with Gasteiger partial charge in [0.2, 0.25) is 0 Å². The summed E-state index contributed by atoms with van der Waals surface area (Å²) in [5, 5.41) is 12.1. The molecule has 0 spiro atoms. The van der Waals surface area contributed by atoms with Crippen molar-refractivity contribution < 1.29 is 0 Å². The van der Waals surface area contributed by atoms with Crippen LogP contribution in [0.4, 0.5) is 17.1 Å². The van der Waals surface area contributed by atoms with Gasteiger partial charge in [-0.25, -0.2) is 0 Å². The van der Waals surface area contributed by atoms with E-state index in [1.165, 1.54) is 0 Å². The van der Waals surface area contributed by atoms with Gasteiger partial charge in [-0.15, -0.1) is 0 Å². The monoisotopic (exact) mass is 301 g/mol. The van der Waals surface area contributed by atoms with Crippen LogP contribution >= 0.6 is 15.9 Å². The van der Waals surface area contributed by atoms with E-state index >= 15 is 0 Å². The van der Waals surface area contributed by atoms with Gasteiger partial charge < -0.3 is 11.1 Å². The minimum Gasteiger partial charge on any atom is -0.398 e. The average Bonchev–Trinajstić information content (AvgIpc) is 2.35. The number of anilines is 3. The number of nitrogens with one attached hydrogen (secondary N) is 1. The van der Waals surface area contributed by atoms with Crippen molar-refractivity contribution in [2.45, 2.75) is 6.92 Å². The van der Waals surface area contributed by atoms with Gasteiger partial charge in [-0.3, -0.25) is 0 Å². The minimum atomic E-state index is 0.478. The zero-order chi connectivity index (χ0) is 13.1. The van der Waals surface area contributed by atoms with Gasteiger partial charge in [0.25, 0.3) is 0 Å². The lowest BCUT2D eigenvalue weighted by atomic mass is 10.1. The number of hydrogen-bond acceptors (Lipinski definition) is 3. The summed E-state index contributed by atoms with van der Waals surface area (Å²) in [6.07, 6.45) is 0. The van der Waals surface area contributed by atoms with E-state index in [4.69, 9.17) is 11.0 Å². The van der Waals surface area contributed by atoms with Crippen LogP contribution in [0.1, 0.15) is 11.1 Å². The molecule has 0 bridgehead atoms. The molecule has 90 valence electrons. The topological polar surface area (TPSA) is 61.8 Å². The summed E-state index contributed by atoms with van der Waals surface area (Å²) in [6, 6.07) is 13.3. The van der Waals surface area contributed by atoms with Crippen molar-refractivity contribution >= 4 is 33.0 Å². The molecule has 4 heteroatoms. The zero-order valence-electron chi connectivity index (χ0n) is 9.87. The Morgan fingerprint density at radius 2 is 2.06 bits per heavy atom. The average molecular weight is 302 g/mol. The highest BCUT2D eigenvalue weighted by Gasteiger charge is 2.04. The molecular formula is C14H12BrN3. The third-order valence-electron chi connectivity index (χ3n) is 2.64. The number of rotatable bonds is 2. The summed E-state index contributed by atoms with van der Waals surface area (Å²) >= 11 is 3.54. The molecule has 0 unspecified atom stereocenters. The summed E-state index contributed by atoms with van der Waals surface area (Å²) in [6.45, 7) is 2.03. The molecule has 2 rings (SSSR count). The molecule has 18 heavy (non-hydrogen) atoms. The lowest BCUT2D eigenvalue weighted by Gasteiger charge is -2.11. The Kier molecular flexibility index (Phi) is 3.54. The van der Waals surface area contributed by atoms with Crippen molar-refractivity contribution in [1.82, 2.24) is 0 Å². The van der Waals surface area contributed by atoms with Crippen LogP contribution in [-0.2, 0) is 0 Å². The van der Waals surface area contributed by atoms with Gasteiger partial charge in [0, 0.05) is 10.2 Å². The van der Waals surface area contributed by atoms with Gasteiger partial charge in [-0.1, -0.05) is 12.1 Å². The maximum Gasteiger partial charge on any atom is 0.101 e. The second kappa shape index (κ2) is 5.11. The number of aryl methyl sites for hydroxylation is 1.